The monoisotopic (exact) mass is 222 g/mol. The van der Waals surface area contributed by atoms with Gasteiger partial charge in [-0.1, -0.05) is 12.2 Å². The van der Waals surface area contributed by atoms with Gasteiger partial charge in [0.05, 0.1) is 0 Å². The van der Waals surface area contributed by atoms with Crippen LogP contribution in [0.4, 0.5) is 0 Å². The van der Waals surface area contributed by atoms with E-state index < -0.39 is 0 Å². The molecule has 1 aliphatic heterocycles. The van der Waals surface area contributed by atoms with E-state index in [4.69, 9.17) is 5.73 Å². The number of hydrogen-bond donors (Lipinski definition) is 1. The summed E-state index contributed by atoms with van der Waals surface area (Å²) in [5.74, 6) is 0. The summed E-state index contributed by atoms with van der Waals surface area (Å²) < 4.78 is 0. The van der Waals surface area contributed by atoms with E-state index in [1.807, 2.05) is 6.92 Å². The minimum atomic E-state index is 0.118. The van der Waals surface area contributed by atoms with E-state index in [1.54, 1.807) is 0 Å². The number of hydrogen-bond acceptors (Lipinski definition) is 2. The number of rotatable bonds is 2. The summed E-state index contributed by atoms with van der Waals surface area (Å²) in [6, 6.07) is 0.305. The van der Waals surface area contributed by atoms with Gasteiger partial charge >= 0.3 is 0 Å². The first-order valence-corrected chi connectivity index (χ1v) is 6.04. The van der Waals surface area contributed by atoms with Gasteiger partial charge in [-0.05, 0) is 53.5 Å². The zero-order valence-corrected chi connectivity index (χ0v) is 11.4. The first-order chi connectivity index (χ1) is 7.15. The predicted molar refractivity (Wildman–Crippen MR) is 71.2 cm³/mol. The Hall–Kier alpha value is -0.760. The third-order valence-corrected chi connectivity index (χ3v) is 3.34. The second-order valence-electron chi connectivity index (χ2n) is 6.33. The molecule has 1 fully saturated rings. The average Bonchev–Trinajstić information content (AvgIpc) is 1.96. The quantitative estimate of drug-likeness (QED) is 0.728. The maximum absolute atomic E-state index is 6.14. The molecule has 1 heterocycles. The molecule has 0 bridgehead atoms. The molecule has 1 aliphatic rings. The highest BCUT2D eigenvalue weighted by Crippen LogP contribution is 2.37. The van der Waals surface area contributed by atoms with Crippen LogP contribution < -0.4 is 5.73 Å². The van der Waals surface area contributed by atoms with Gasteiger partial charge in [0.2, 0.25) is 0 Å². The van der Waals surface area contributed by atoms with Crippen molar-refractivity contribution in [3.63, 3.8) is 0 Å². The Morgan fingerprint density at radius 3 is 2.06 bits per heavy atom. The van der Waals surface area contributed by atoms with Crippen LogP contribution in [-0.4, -0.2) is 22.0 Å². The van der Waals surface area contributed by atoms with Crippen LogP contribution in [0.1, 0.15) is 47.5 Å². The van der Waals surface area contributed by atoms with E-state index in [1.165, 1.54) is 0 Å². The lowest BCUT2D eigenvalue weighted by Crippen LogP contribution is -2.60. The molecule has 0 atom stereocenters. The molecule has 92 valence electrons. The second-order valence-corrected chi connectivity index (χ2v) is 6.33. The van der Waals surface area contributed by atoms with Crippen LogP contribution in [-0.2, 0) is 0 Å². The van der Waals surface area contributed by atoms with E-state index in [-0.39, 0.29) is 11.1 Å². The van der Waals surface area contributed by atoms with Gasteiger partial charge in [-0.25, -0.2) is 0 Å². The average molecular weight is 222 g/mol. The minimum Gasteiger partial charge on any atom is -0.367 e. The number of nitrogens with two attached hydrogens (primary N) is 1. The van der Waals surface area contributed by atoms with E-state index in [0.717, 1.165) is 18.4 Å². The first-order valence-electron chi connectivity index (χ1n) is 6.04. The Labute approximate surface area is 100 Å². The van der Waals surface area contributed by atoms with E-state index in [0.29, 0.717) is 6.04 Å². The van der Waals surface area contributed by atoms with Crippen LogP contribution in [0.3, 0.4) is 0 Å². The predicted octanol–water partition coefficient (Wildman–Crippen LogP) is 3.06. The van der Waals surface area contributed by atoms with Crippen LogP contribution in [0.15, 0.2) is 24.4 Å². The maximum atomic E-state index is 6.14. The number of piperidine rings is 1. The number of allylic oxidation sites excluding steroid dienone is 2. The lowest BCUT2D eigenvalue weighted by Gasteiger charge is -2.54. The highest BCUT2D eigenvalue weighted by atomic mass is 15.2. The fourth-order valence-corrected chi connectivity index (χ4v) is 2.98. The molecule has 0 saturated carbocycles. The largest absolute Gasteiger partial charge is 0.367 e. The van der Waals surface area contributed by atoms with Crippen molar-refractivity contribution in [1.29, 1.82) is 0 Å². The summed E-state index contributed by atoms with van der Waals surface area (Å²) in [6.07, 6.45) is 6.34. The number of nitrogens with zero attached hydrogens (tertiary/aromatic N) is 1. The molecule has 0 aliphatic carbocycles. The van der Waals surface area contributed by atoms with E-state index in [2.05, 4.69) is 51.4 Å². The summed E-state index contributed by atoms with van der Waals surface area (Å²) in [4.78, 5) is 2.43. The van der Waals surface area contributed by atoms with Crippen molar-refractivity contribution in [1.82, 2.24) is 4.90 Å². The number of likely N-dealkylation sites (tertiary alicyclic amines) is 1. The maximum Gasteiger partial charge on any atom is 0.0360 e. The Bertz CT molecular complexity index is 282. The molecule has 0 spiro atoms. The SMILES string of the molecule is C=C(C)C=CN1C(C)(C)CC(N)CC1(C)C. The van der Waals surface area contributed by atoms with Crippen LogP contribution in [0.5, 0.6) is 0 Å². The molecular weight excluding hydrogens is 196 g/mol. The van der Waals surface area contributed by atoms with Crippen LogP contribution in [0.2, 0.25) is 0 Å². The molecule has 2 heteroatoms. The van der Waals surface area contributed by atoms with Gasteiger partial charge in [-0.2, -0.15) is 0 Å². The summed E-state index contributed by atoms with van der Waals surface area (Å²) in [7, 11) is 0. The summed E-state index contributed by atoms with van der Waals surface area (Å²) in [5.41, 5.74) is 7.46. The smallest absolute Gasteiger partial charge is 0.0360 e. The highest BCUT2D eigenvalue weighted by Gasteiger charge is 2.42. The molecule has 0 unspecified atom stereocenters. The van der Waals surface area contributed by atoms with Gasteiger partial charge in [0.1, 0.15) is 0 Å². The molecular formula is C14H26N2. The van der Waals surface area contributed by atoms with Crippen molar-refractivity contribution in [3.05, 3.63) is 24.4 Å². The van der Waals surface area contributed by atoms with Crippen molar-refractivity contribution in [3.8, 4) is 0 Å². The van der Waals surface area contributed by atoms with Gasteiger partial charge in [0.25, 0.3) is 0 Å². The first kappa shape index (κ1) is 13.3. The molecule has 0 aromatic carbocycles. The Kier molecular flexibility index (Phi) is 3.53. The zero-order chi connectivity index (χ0) is 12.6. The van der Waals surface area contributed by atoms with Crippen LogP contribution in [0, 0.1) is 0 Å². The molecule has 2 nitrogen and oxygen atoms in total. The van der Waals surface area contributed by atoms with Gasteiger partial charge < -0.3 is 10.6 Å². The zero-order valence-electron chi connectivity index (χ0n) is 11.4. The van der Waals surface area contributed by atoms with Crippen LogP contribution >= 0.6 is 0 Å². The van der Waals surface area contributed by atoms with Crippen molar-refractivity contribution in [2.24, 2.45) is 5.73 Å². The van der Waals surface area contributed by atoms with Gasteiger partial charge in [0.15, 0.2) is 0 Å². The molecule has 0 aromatic heterocycles. The van der Waals surface area contributed by atoms with Gasteiger partial charge in [-0.15, -0.1) is 0 Å². The molecule has 1 saturated heterocycles. The minimum absolute atomic E-state index is 0.118. The fraction of sp³-hybridized carbons (Fsp3) is 0.714. The van der Waals surface area contributed by atoms with E-state index >= 15 is 0 Å². The van der Waals surface area contributed by atoms with Gasteiger partial charge in [-0.3, -0.25) is 0 Å². The normalized spacial score (nSPS) is 25.0. The fourth-order valence-electron chi connectivity index (χ4n) is 2.98. The lowest BCUT2D eigenvalue weighted by atomic mass is 9.77. The lowest BCUT2D eigenvalue weighted by molar-refractivity contribution is 0.00908. The Morgan fingerprint density at radius 2 is 1.69 bits per heavy atom. The molecule has 0 amide bonds. The molecule has 0 aromatic rings. The van der Waals surface area contributed by atoms with Gasteiger partial charge in [0, 0.05) is 23.3 Å². The highest BCUT2D eigenvalue weighted by molar-refractivity contribution is 5.15. The Morgan fingerprint density at radius 1 is 1.25 bits per heavy atom. The third-order valence-electron chi connectivity index (χ3n) is 3.34. The molecule has 2 N–H and O–H groups in total. The topological polar surface area (TPSA) is 29.3 Å². The summed E-state index contributed by atoms with van der Waals surface area (Å²) in [6.45, 7) is 15.0. The van der Waals surface area contributed by atoms with Crippen molar-refractivity contribution >= 4 is 0 Å². The Balaban J connectivity index is 2.97. The second kappa shape index (κ2) is 4.25. The van der Waals surface area contributed by atoms with Crippen LogP contribution in [0.25, 0.3) is 0 Å². The molecule has 16 heavy (non-hydrogen) atoms. The van der Waals surface area contributed by atoms with E-state index in [9.17, 15) is 0 Å². The molecule has 1 rings (SSSR count). The van der Waals surface area contributed by atoms with Crippen molar-refractivity contribution < 1.29 is 0 Å². The third kappa shape index (κ3) is 2.88. The summed E-state index contributed by atoms with van der Waals surface area (Å²) in [5, 5.41) is 0. The van der Waals surface area contributed by atoms with Crippen molar-refractivity contribution in [2.45, 2.75) is 64.6 Å². The molecule has 0 radical (unpaired) electrons. The summed E-state index contributed by atoms with van der Waals surface area (Å²) >= 11 is 0. The standard InChI is InChI=1S/C14H26N2/c1-11(2)7-8-16-13(3,4)9-12(15)10-14(16,5)6/h7-8,12H,1,9-10,15H2,2-6H3. The van der Waals surface area contributed by atoms with Crippen molar-refractivity contribution in [2.75, 3.05) is 0 Å².